The second-order valence-corrected chi connectivity index (χ2v) is 7.47. The third kappa shape index (κ3) is 3.74. The van der Waals surface area contributed by atoms with Gasteiger partial charge in [-0.1, -0.05) is 42.5 Å². The molecule has 0 spiro atoms. The molecule has 0 heterocycles. The van der Waals surface area contributed by atoms with Crippen LogP contribution in [-0.4, -0.2) is 20.1 Å². The van der Waals surface area contributed by atoms with E-state index in [9.17, 15) is 13.5 Å². The van der Waals surface area contributed by atoms with Crippen LogP contribution in [0.25, 0.3) is 0 Å². The van der Waals surface area contributed by atoms with E-state index in [1.54, 1.807) is 38.1 Å². The molecule has 5 heteroatoms. The summed E-state index contributed by atoms with van der Waals surface area (Å²) < 4.78 is 27.4. The first-order valence-electron chi connectivity index (χ1n) is 7.07. The Hall–Kier alpha value is -1.69. The van der Waals surface area contributed by atoms with Crippen LogP contribution in [0, 0.1) is 13.8 Å². The molecule has 2 aromatic carbocycles. The van der Waals surface area contributed by atoms with E-state index in [1.165, 1.54) is 0 Å². The first-order valence-corrected chi connectivity index (χ1v) is 8.55. The van der Waals surface area contributed by atoms with Gasteiger partial charge in [-0.15, -0.1) is 0 Å². The molecule has 4 nitrogen and oxygen atoms in total. The Kier molecular flexibility index (Phi) is 4.70. The predicted molar refractivity (Wildman–Crippen MR) is 87.1 cm³/mol. The van der Waals surface area contributed by atoms with Crippen LogP contribution in [0.5, 0.6) is 0 Å². The zero-order chi connectivity index (χ0) is 16.4. The summed E-state index contributed by atoms with van der Waals surface area (Å²) in [6.07, 6.45) is 0. The van der Waals surface area contributed by atoms with Crippen molar-refractivity contribution >= 4 is 10.0 Å². The Balaban J connectivity index is 2.21. The normalized spacial score (nSPS) is 14.5. The van der Waals surface area contributed by atoms with Crippen LogP contribution in [0.2, 0.25) is 0 Å². The largest absolute Gasteiger partial charge is 0.384 e. The van der Waals surface area contributed by atoms with Crippen molar-refractivity contribution in [3.05, 3.63) is 65.2 Å². The van der Waals surface area contributed by atoms with Crippen molar-refractivity contribution in [1.29, 1.82) is 0 Å². The molecular weight excluding hydrogens is 298 g/mol. The molecule has 2 rings (SSSR count). The van der Waals surface area contributed by atoms with Gasteiger partial charge in [0.25, 0.3) is 0 Å². The lowest BCUT2D eigenvalue weighted by Gasteiger charge is -2.24. The van der Waals surface area contributed by atoms with Crippen molar-refractivity contribution in [3.8, 4) is 0 Å². The lowest BCUT2D eigenvalue weighted by Crippen LogP contribution is -2.38. The SMILES string of the molecule is Cc1ccc(C)c(S(=O)(=O)NCC(C)(O)c2ccccc2)c1. The van der Waals surface area contributed by atoms with Gasteiger partial charge in [-0.3, -0.25) is 0 Å². The summed E-state index contributed by atoms with van der Waals surface area (Å²) >= 11 is 0. The van der Waals surface area contributed by atoms with Gasteiger partial charge in [-0.25, -0.2) is 13.1 Å². The summed E-state index contributed by atoms with van der Waals surface area (Å²) in [5, 5.41) is 10.5. The van der Waals surface area contributed by atoms with Crippen molar-refractivity contribution in [2.45, 2.75) is 31.3 Å². The van der Waals surface area contributed by atoms with Crippen LogP contribution in [0.15, 0.2) is 53.4 Å². The number of rotatable bonds is 5. The van der Waals surface area contributed by atoms with Gasteiger partial charge in [-0.2, -0.15) is 0 Å². The van der Waals surface area contributed by atoms with Gasteiger partial charge in [-0.05, 0) is 43.5 Å². The molecule has 0 fully saturated rings. The second-order valence-electron chi connectivity index (χ2n) is 5.73. The Morgan fingerprint density at radius 2 is 1.73 bits per heavy atom. The van der Waals surface area contributed by atoms with E-state index in [1.807, 2.05) is 31.2 Å². The third-order valence-corrected chi connectivity index (χ3v) is 5.18. The van der Waals surface area contributed by atoms with E-state index in [-0.39, 0.29) is 11.4 Å². The fraction of sp³-hybridized carbons (Fsp3) is 0.294. The second kappa shape index (κ2) is 6.20. The maximum absolute atomic E-state index is 12.5. The average molecular weight is 319 g/mol. The molecule has 1 unspecified atom stereocenters. The average Bonchev–Trinajstić information content (AvgIpc) is 2.49. The molecule has 2 aromatic rings. The van der Waals surface area contributed by atoms with Gasteiger partial charge >= 0.3 is 0 Å². The molecule has 0 aliphatic rings. The lowest BCUT2D eigenvalue weighted by atomic mass is 9.97. The zero-order valence-corrected chi connectivity index (χ0v) is 13.8. The predicted octanol–water partition coefficient (Wildman–Crippen LogP) is 2.49. The quantitative estimate of drug-likeness (QED) is 0.890. The molecule has 0 saturated heterocycles. The molecular formula is C17H21NO3S. The Labute approximate surface area is 131 Å². The first-order chi connectivity index (χ1) is 10.2. The molecule has 2 N–H and O–H groups in total. The highest BCUT2D eigenvalue weighted by Gasteiger charge is 2.26. The first kappa shape index (κ1) is 16.7. The van der Waals surface area contributed by atoms with Crippen molar-refractivity contribution in [2.24, 2.45) is 0 Å². The number of nitrogens with one attached hydrogen (secondary N) is 1. The lowest BCUT2D eigenvalue weighted by molar-refractivity contribution is 0.0627. The standard InChI is InChI=1S/C17H21NO3S/c1-13-9-10-14(2)16(11-13)22(20,21)18-12-17(3,19)15-7-5-4-6-8-15/h4-11,18-19H,12H2,1-3H3. The fourth-order valence-electron chi connectivity index (χ4n) is 2.21. The summed E-state index contributed by atoms with van der Waals surface area (Å²) in [6.45, 7) is 5.10. The monoisotopic (exact) mass is 319 g/mol. The van der Waals surface area contributed by atoms with E-state index in [2.05, 4.69) is 4.72 Å². The van der Waals surface area contributed by atoms with Gasteiger partial charge in [0, 0.05) is 6.54 Å². The van der Waals surface area contributed by atoms with Gasteiger partial charge in [0.15, 0.2) is 0 Å². The number of aliphatic hydroxyl groups is 1. The Morgan fingerprint density at radius 3 is 2.36 bits per heavy atom. The van der Waals surface area contributed by atoms with E-state index < -0.39 is 15.6 Å². The topological polar surface area (TPSA) is 66.4 Å². The van der Waals surface area contributed by atoms with Crippen molar-refractivity contribution in [1.82, 2.24) is 4.72 Å². The molecule has 1 atom stereocenters. The summed E-state index contributed by atoms with van der Waals surface area (Å²) in [6, 6.07) is 14.3. The zero-order valence-electron chi connectivity index (χ0n) is 13.0. The fourth-order valence-corrected chi connectivity index (χ4v) is 3.67. The van der Waals surface area contributed by atoms with Gasteiger partial charge in [0.05, 0.1) is 4.90 Å². The molecule has 0 aliphatic carbocycles. The van der Waals surface area contributed by atoms with E-state index >= 15 is 0 Å². The number of hydrogen-bond donors (Lipinski definition) is 2. The van der Waals surface area contributed by atoms with Crippen LogP contribution < -0.4 is 4.72 Å². The molecule has 0 aromatic heterocycles. The Morgan fingerprint density at radius 1 is 1.09 bits per heavy atom. The highest BCUT2D eigenvalue weighted by molar-refractivity contribution is 7.89. The van der Waals surface area contributed by atoms with Gasteiger partial charge in [0.1, 0.15) is 5.60 Å². The minimum Gasteiger partial charge on any atom is -0.384 e. The van der Waals surface area contributed by atoms with Crippen molar-refractivity contribution < 1.29 is 13.5 Å². The summed E-state index contributed by atoms with van der Waals surface area (Å²) in [4.78, 5) is 0.247. The molecule has 0 aliphatic heterocycles. The number of hydrogen-bond acceptors (Lipinski definition) is 3. The van der Waals surface area contributed by atoms with Crippen LogP contribution >= 0.6 is 0 Å². The van der Waals surface area contributed by atoms with E-state index in [0.29, 0.717) is 11.1 Å². The summed E-state index contributed by atoms with van der Waals surface area (Å²) in [7, 11) is -3.66. The molecule has 0 bridgehead atoms. The van der Waals surface area contributed by atoms with Crippen LogP contribution in [0.1, 0.15) is 23.6 Å². The van der Waals surface area contributed by atoms with Crippen molar-refractivity contribution in [3.63, 3.8) is 0 Å². The third-order valence-electron chi connectivity index (χ3n) is 3.64. The maximum Gasteiger partial charge on any atom is 0.240 e. The summed E-state index contributed by atoms with van der Waals surface area (Å²) in [5.74, 6) is 0. The van der Waals surface area contributed by atoms with Crippen LogP contribution in [0.3, 0.4) is 0 Å². The maximum atomic E-state index is 12.5. The molecule has 0 radical (unpaired) electrons. The van der Waals surface area contributed by atoms with E-state index in [0.717, 1.165) is 5.56 Å². The van der Waals surface area contributed by atoms with Crippen molar-refractivity contribution in [2.75, 3.05) is 6.54 Å². The minimum absolute atomic E-state index is 0.0905. The smallest absolute Gasteiger partial charge is 0.240 e. The van der Waals surface area contributed by atoms with Gasteiger partial charge in [0.2, 0.25) is 10.0 Å². The molecule has 0 amide bonds. The van der Waals surface area contributed by atoms with Gasteiger partial charge < -0.3 is 5.11 Å². The number of benzene rings is 2. The summed E-state index contributed by atoms with van der Waals surface area (Å²) in [5.41, 5.74) is 0.948. The molecule has 118 valence electrons. The minimum atomic E-state index is -3.66. The molecule has 0 saturated carbocycles. The molecule has 22 heavy (non-hydrogen) atoms. The number of aryl methyl sites for hydroxylation is 2. The van der Waals surface area contributed by atoms with Crippen LogP contribution in [0.4, 0.5) is 0 Å². The number of sulfonamides is 1. The Bertz CT molecular complexity index is 753. The van der Waals surface area contributed by atoms with Crippen LogP contribution in [-0.2, 0) is 15.6 Å². The van der Waals surface area contributed by atoms with E-state index in [4.69, 9.17) is 0 Å². The highest BCUT2D eigenvalue weighted by Crippen LogP contribution is 2.21. The highest BCUT2D eigenvalue weighted by atomic mass is 32.2.